The molecule has 1 heterocycles. The molecule has 0 radical (unpaired) electrons. The summed E-state index contributed by atoms with van der Waals surface area (Å²) < 4.78 is 7.37. The molecule has 0 fully saturated rings. The fourth-order valence-corrected chi connectivity index (χ4v) is 4.37. The predicted molar refractivity (Wildman–Crippen MR) is 132 cm³/mol. The number of nitrogens with one attached hydrogen (secondary N) is 1. The van der Waals surface area contributed by atoms with Crippen molar-refractivity contribution in [3.8, 4) is 17.1 Å². The van der Waals surface area contributed by atoms with Gasteiger partial charge in [0.2, 0.25) is 5.91 Å². The summed E-state index contributed by atoms with van der Waals surface area (Å²) in [5, 5.41) is 12.9. The van der Waals surface area contributed by atoms with Crippen LogP contribution in [0.3, 0.4) is 0 Å². The number of benzene rings is 2. The second-order valence-electron chi connectivity index (χ2n) is 7.05. The van der Waals surface area contributed by atoms with Crippen molar-refractivity contribution in [3.63, 3.8) is 0 Å². The van der Waals surface area contributed by atoms with E-state index in [9.17, 15) is 4.79 Å². The van der Waals surface area contributed by atoms with Gasteiger partial charge in [0.15, 0.2) is 11.0 Å². The van der Waals surface area contributed by atoms with Crippen molar-refractivity contribution in [2.75, 3.05) is 18.2 Å². The van der Waals surface area contributed by atoms with E-state index in [1.165, 1.54) is 11.8 Å². The third-order valence-electron chi connectivity index (χ3n) is 5.03. The van der Waals surface area contributed by atoms with Crippen molar-refractivity contribution in [2.45, 2.75) is 38.4 Å². The largest absolute Gasteiger partial charge is 0.496 e. The molecule has 0 aliphatic carbocycles. The number of halogens is 1. The molecule has 0 aliphatic rings. The molecule has 1 N–H and O–H groups in total. The smallest absolute Gasteiger partial charge is 0.234 e. The maximum Gasteiger partial charge on any atom is 0.234 e. The molecule has 0 atom stereocenters. The maximum atomic E-state index is 12.8. The first-order valence-corrected chi connectivity index (χ1v) is 11.8. The molecule has 1 amide bonds. The van der Waals surface area contributed by atoms with Gasteiger partial charge in [-0.2, -0.15) is 0 Å². The van der Waals surface area contributed by atoms with Crippen LogP contribution in [-0.2, 0) is 24.2 Å². The highest BCUT2D eigenvalue weighted by Gasteiger charge is 2.19. The van der Waals surface area contributed by atoms with Gasteiger partial charge in [-0.05, 0) is 42.2 Å². The minimum Gasteiger partial charge on any atom is -0.496 e. The van der Waals surface area contributed by atoms with Crippen LogP contribution in [0, 0.1) is 0 Å². The summed E-state index contributed by atoms with van der Waals surface area (Å²) >= 11 is 7.53. The van der Waals surface area contributed by atoms with E-state index < -0.39 is 0 Å². The number of carbonyl (C=O) groups is 1. The standard InChI is InChI=1S/C24H27ClN4O2S/c1-5-13-29-23(19-14-18(25)11-12-20(19)31-4)27-28-24(29)32-15-21(30)26-22-16(6-2)9-8-10-17(22)7-3/h5,8-12,14H,1,6-7,13,15H2,2-4H3,(H,26,30). The molecule has 0 saturated heterocycles. The average molecular weight is 471 g/mol. The Bertz CT molecular complexity index is 1090. The first-order valence-electron chi connectivity index (χ1n) is 10.4. The number of rotatable bonds is 10. The molecule has 32 heavy (non-hydrogen) atoms. The SMILES string of the molecule is C=CCn1c(SCC(=O)Nc2c(CC)cccc2CC)nnc1-c1cc(Cl)ccc1OC. The van der Waals surface area contributed by atoms with Gasteiger partial charge in [0, 0.05) is 17.3 Å². The minimum atomic E-state index is -0.0827. The van der Waals surface area contributed by atoms with Crippen LogP contribution >= 0.6 is 23.4 Å². The molecule has 1 aromatic heterocycles. The van der Waals surface area contributed by atoms with Gasteiger partial charge in [-0.15, -0.1) is 16.8 Å². The lowest BCUT2D eigenvalue weighted by atomic mass is 10.0. The van der Waals surface area contributed by atoms with Crippen molar-refractivity contribution in [3.05, 3.63) is 65.2 Å². The van der Waals surface area contributed by atoms with Gasteiger partial charge in [0.05, 0.1) is 18.4 Å². The number of para-hydroxylation sites is 1. The lowest BCUT2D eigenvalue weighted by molar-refractivity contribution is -0.113. The summed E-state index contributed by atoms with van der Waals surface area (Å²) in [6.45, 7) is 8.50. The molecule has 0 saturated carbocycles. The third-order valence-corrected chi connectivity index (χ3v) is 6.23. The van der Waals surface area contributed by atoms with Gasteiger partial charge in [-0.1, -0.05) is 61.5 Å². The molecule has 3 aromatic rings. The van der Waals surface area contributed by atoms with E-state index in [1.807, 2.05) is 22.8 Å². The number of hydrogen-bond acceptors (Lipinski definition) is 5. The van der Waals surface area contributed by atoms with Crippen molar-refractivity contribution in [2.24, 2.45) is 0 Å². The van der Waals surface area contributed by atoms with Crippen LogP contribution < -0.4 is 10.1 Å². The van der Waals surface area contributed by atoms with Crippen LogP contribution in [0.5, 0.6) is 5.75 Å². The van der Waals surface area contributed by atoms with Crippen molar-refractivity contribution in [1.82, 2.24) is 14.8 Å². The summed E-state index contributed by atoms with van der Waals surface area (Å²) in [6, 6.07) is 11.5. The molecule has 3 rings (SSSR count). The van der Waals surface area contributed by atoms with E-state index in [2.05, 4.69) is 35.9 Å². The summed E-state index contributed by atoms with van der Waals surface area (Å²) in [5.74, 6) is 1.38. The van der Waals surface area contributed by atoms with Crippen LogP contribution in [0.2, 0.25) is 5.02 Å². The summed E-state index contributed by atoms with van der Waals surface area (Å²) in [4.78, 5) is 12.8. The normalized spacial score (nSPS) is 10.8. The first kappa shape index (κ1) is 23.9. The zero-order valence-corrected chi connectivity index (χ0v) is 20.1. The van der Waals surface area contributed by atoms with Gasteiger partial charge in [0.1, 0.15) is 5.75 Å². The quantitative estimate of drug-likeness (QED) is 0.306. The van der Waals surface area contributed by atoms with Crippen LogP contribution in [0.4, 0.5) is 5.69 Å². The van der Waals surface area contributed by atoms with Gasteiger partial charge < -0.3 is 10.1 Å². The fourth-order valence-electron chi connectivity index (χ4n) is 3.45. The second kappa shape index (κ2) is 11.2. The Morgan fingerprint density at radius 3 is 2.56 bits per heavy atom. The average Bonchev–Trinajstić information content (AvgIpc) is 3.20. The number of anilines is 1. The topological polar surface area (TPSA) is 69.0 Å². The predicted octanol–water partition coefficient (Wildman–Crippen LogP) is 5.65. The molecule has 2 aromatic carbocycles. The van der Waals surface area contributed by atoms with Gasteiger partial charge in [0.25, 0.3) is 0 Å². The number of allylic oxidation sites excluding steroid dienone is 1. The number of hydrogen-bond donors (Lipinski definition) is 1. The lowest BCUT2D eigenvalue weighted by Crippen LogP contribution is -2.17. The number of nitrogens with zero attached hydrogens (tertiary/aromatic N) is 3. The van der Waals surface area contributed by atoms with Crippen LogP contribution in [0.1, 0.15) is 25.0 Å². The number of aryl methyl sites for hydroxylation is 2. The third kappa shape index (κ3) is 5.34. The number of aromatic nitrogens is 3. The van der Waals surface area contributed by atoms with E-state index in [0.717, 1.165) is 35.2 Å². The van der Waals surface area contributed by atoms with Crippen LogP contribution in [-0.4, -0.2) is 33.5 Å². The number of ether oxygens (including phenoxy) is 1. The van der Waals surface area contributed by atoms with E-state index in [0.29, 0.717) is 28.3 Å². The van der Waals surface area contributed by atoms with Crippen molar-refractivity contribution in [1.29, 1.82) is 0 Å². The first-order chi connectivity index (χ1) is 15.5. The number of thioether (sulfide) groups is 1. The summed E-state index contributed by atoms with van der Waals surface area (Å²) in [7, 11) is 1.60. The van der Waals surface area contributed by atoms with Gasteiger partial charge in [-0.25, -0.2) is 0 Å². The Balaban J connectivity index is 1.82. The van der Waals surface area contributed by atoms with E-state index in [-0.39, 0.29) is 11.7 Å². The number of amides is 1. The second-order valence-corrected chi connectivity index (χ2v) is 8.42. The van der Waals surface area contributed by atoms with E-state index in [4.69, 9.17) is 16.3 Å². The van der Waals surface area contributed by atoms with E-state index in [1.54, 1.807) is 31.4 Å². The Hall–Kier alpha value is -2.77. The summed E-state index contributed by atoms with van der Waals surface area (Å²) in [6.07, 6.45) is 3.48. The molecule has 168 valence electrons. The Kier molecular flexibility index (Phi) is 8.36. The highest BCUT2D eigenvalue weighted by Crippen LogP contribution is 2.33. The lowest BCUT2D eigenvalue weighted by Gasteiger charge is -2.14. The Morgan fingerprint density at radius 2 is 1.94 bits per heavy atom. The van der Waals surface area contributed by atoms with Crippen LogP contribution in [0.15, 0.2) is 54.2 Å². The molecular weight excluding hydrogens is 444 g/mol. The maximum absolute atomic E-state index is 12.8. The minimum absolute atomic E-state index is 0.0827. The molecule has 0 spiro atoms. The zero-order valence-electron chi connectivity index (χ0n) is 18.5. The summed E-state index contributed by atoms with van der Waals surface area (Å²) in [5.41, 5.74) is 3.91. The van der Waals surface area contributed by atoms with Crippen LogP contribution in [0.25, 0.3) is 11.4 Å². The van der Waals surface area contributed by atoms with Gasteiger partial charge >= 0.3 is 0 Å². The highest BCUT2D eigenvalue weighted by molar-refractivity contribution is 7.99. The molecule has 0 bridgehead atoms. The monoisotopic (exact) mass is 470 g/mol. The molecule has 8 heteroatoms. The zero-order chi connectivity index (χ0) is 23.1. The van der Waals surface area contributed by atoms with E-state index >= 15 is 0 Å². The van der Waals surface area contributed by atoms with Gasteiger partial charge in [-0.3, -0.25) is 9.36 Å². The fraction of sp³-hybridized carbons (Fsp3) is 0.292. The van der Waals surface area contributed by atoms with Crippen molar-refractivity contribution < 1.29 is 9.53 Å². The molecule has 0 aliphatic heterocycles. The molecule has 6 nitrogen and oxygen atoms in total. The Morgan fingerprint density at radius 1 is 1.22 bits per heavy atom. The molecule has 0 unspecified atom stereocenters. The highest BCUT2D eigenvalue weighted by atomic mass is 35.5. The molecular formula is C24H27ClN4O2S. The number of methoxy groups -OCH3 is 1. The Labute approximate surface area is 198 Å². The number of carbonyl (C=O) groups excluding carboxylic acids is 1. The van der Waals surface area contributed by atoms with Crippen molar-refractivity contribution >= 4 is 35.0 Å².